The molecule has 1 saturated carbocycles. The SMILES string of the molecule is CN1CC[NH+]([C@@H](C[NH3+])C2CCC3OCOC3C2)CC1. The van der Waals surface area contributed by atoms with Gasteiger partial charge in [0.05, 0.1) is 25.3 Å². The van der Waals surface area contributed by atoms with Crippen LogP contribution >= 0.6 is 0 Å². The fraction of sp³-hybridized carbons (Fsp3) is 1.00. The molecule has 0 aromatic heterocycles. The summed E-state index contributed by atoms with van der Waals surface area (Å²) in [4.78, 5) is 4.21. The molecular formula is C14H29N3O2+2. The van der Waals surface area contributed by atoms with E-state index in [4.69, 9.17) is 9.47 Å². The Morgan fingerprint density at radius 3 is 2.68 bits per heavy atom. The number of ether oxygens (including phenoxy) is 2. The van der Waals surface area contributed by atoms with Crippen LogP contribution in [0.15, 0.2) is 0 Å². The first-order chi connectivity index (χ1) is 9.28. The molecule has 0 aromatic carbocycles. The van der Waals surface area contributed by atoms with Crippen molar-refractivity contribution < 1.29 is 20.1 Å². The summed E-state index contributed by atoms with van der Waals surface area (Å²) in [5.74, 6) is 0.777. The summed E-state index contributed by atoms with van der Waals surface area (Å²) < 4.78 is 11.4. The van der Waals surface area contributed by atoms with Crippen molar-refractivity contribution in [2.75, 3.05) is 46.6 Å². The van der Waals surface area contributed by atoms with Crippen molar-refractivity contribution in [1.29, 1.82) is 0 Å². The van der Waals surface area contributed by atoms with Gasteiger partial charge in [-0.1, -0.05) is 0 Å². The lowest BCUT2D eigenvalue weighted by Crippen LogP contribution is -3.20. The van der Waals surface area contributed by atoms with E-state index in [0.717, 1.165) is 18.5 Å². The fourth-order valence-corrected chi connectivity index (χ4v) is 4.13. The summed E-state index contributed by atoms with van der Waals surface area (Å²) in [5.41, 5.74) is 4.23. The Balaban J connectivity index is 1.59. The third kappa shape index (κ3) is 2.95. The lowest BCUT2D eigenvalue weighted by molar-refractivity contribution is -0.939. The van der Waals surface area contributed by atoms with Crippen LogP contribution in [-0.2, 0) is 9.47 Å². The molecule has 3 fully saturated rings. The first-order valence-corrected chi connectivity index (χ1v) is 7.83. The van der Waals surface area contributed by atoms with Gasteiger partial charge < -0.3 is 20.1 Å². The van der Waals surface area contributed by atoms with Gasteiger partial charge in [-0.2, -0.15) is 0 Å². The van der Waals surface area contributed by atoms with Gasteiger partial charge >= 0.3 is 0 Å². The monoisotopic (exact) mass is 271 g/mol. The Bertz CT molecular complexity index is 294. The van der Waals surface area contributed by atoms with E-state index in [1.807, 2.05) is 0 Å². The van der Waals surface area contributed by atoms with Gasteiger partial charge in [0, 0.05) is 19.0 Å². The number of hydrogen-bond donors (Lipinski definition) is 2. The smallest absolute Gasteiger partial charge is 0.147 e. The first-order valence-electron chi connectivity index (χ1n) is 7.83. The van der Waals surface area contributed by atoms with Crippen molar-refractivity contribution in [3.05, 3.63) is 0 Å². The molecule has 0 amide bonds. The van der Waals surface area contributed by atoms with E-state index in [-0.39, 0.29) is 0 Å². The topological polar surface area (TPSA) is 53.8 Å². The Morgan fingerprint density at radius 1 is 1.21 bits per heavy atom. The number of likely N-dealkylation sites (N-methyl/N-ethyl adjacent to an activating group) is 1. The minimum absolute atomic E-state index is 0.361. The lowest BCUT2D eigenvalue weighted by atomic mass is 9.80. The molecule has 3 aliphatic rings. The van der Waals surface area contributed by atoms with Crippen LogP contribution in [0.1, 0.15) is 19.3 Å². The zero-order chi connectivity index (χ0) is 13.2. The van der Waals surface area contributed by atoms with E-state index >= 15 is 0 Å². The standard InChI is InChI=1S/C14H27N3O2/c1-16-4-6-17(7-5-16)12(9-15)11-2-3-13-14(8-11)19-10-18-13/h11-14H,2-10,15H2,1H3/p+2/t11?,12-,13?,14?/m0/s1. The van der Waals surface area contributed by atoms with Crippen molar-refractivity contribution in [3.63, 3.8) is 0 Å². The van der Waals surface area contributed by atoms with E-state index < -0.39 is 0 Å². The Hall–Kier alpha value is -0.200. The summed E-state index contributed by atoms with van der Waals surface area (Å²) >= 11 is 0. The number of piperazine rings is 1. The maximum atomic E-state index is 5.73. The third-order valence-electron chi connectivity index (χ3n) is 5.37. The third-order valence-corrected chi connectivity index (χ3v) is 5.37. The van der Waals surface area contributed by atoms with Crippen LogP contribution in [0.2, 0.25) is 0 Å². The first kappa shape index (κ1) is 13.8. The molecule has 110 valence electrons. The van der Waals surface area contributed by atoms with Gasteiger partial charge in [0.15, 0.2) is 0 Å². The second-order valence-electron chi connectivity index (χ2n) is 6.46. The number of nitrogens with zero attached hydrogens (tertiary/aromatic N) is 1. The number of hydrogen-bond acceptors (Lipinski definition) is 3. The minimum atomic E-state index is 0.361. The summed E-state index contributed by atoms with van der Waals surface area (Å²) in [7, 11) is 2.23. The predicted molar refractivity (Wildman–Crippen MR) is 71.7 cm³/mol. The second-order valence-corrected chi connectivity index (χ2v) is 6.46. The zero-order valence-electron chi connectivity index (χ0n) is 12.1. The highest BCUT2D eigenvalue weighted by molar-refractivity contribution is 4.86. The molecule has 5 heteroatoms. The van der Waals surface area contributed by atoms with Gasteiger partial charge in [-0.25, -0.2) is 0 Å². The van der Waals surface area contributed by atoms with Crippen molar-refractivity contribution >= 4 is 0 Å². The van der Waals surface area contributed by atoms with Crippen LogP contribution in [0.4, 0.5) is 0 Å². The maximum absolute atomic E-state index is 5.73. The van der Waals surface area contributed by atoms with Crippen LogP contribution in [0.5, 0.6) is 0 Å². The highest BCUT2D eigenvalue weighted by atomic mass is 16.7. The quantitative estimate of drug-likeness (QED) is 0.622. The van der Waals surface area contributed by atoms with E-state index in [1.54, 1.807) is 4.90 Å². The summed E-state index contributed by atoms with van der Waals surface area (Å²) in [6.45, 7) is 6.58. The minimum Gasteiger partial charge on any atom is -0.353 e. The molecule has 4 atom stereocenters. The molecule has 0 aromatic rings. The number of fused-ring (bicyclic) bond motifs is 1. The highest BCUT2D eigenvalue weighted by Gasteiger charge is 2.42. The molecule has 2 saturated heterocycles. The van der Waals surface area contributed by atoms with Crippen molar-refractivity contribution in [3.8, 4) is 0 Å². The lowest BCUT2D eigenvalue weighted by Gasteiger charge is -2.40. The number of nitrogens with one attached hydrogen (secondary N) is 1. The Labute approximate surface area is 116 Å². The van der Waals surface area contributed by atoms with E-state index in [0.29, 0.717) is 19.0 Å². The summed E-state index contributed by atoms with van der Waals surface area (Å²) in [5, 5.41) is 0. The van der Waals surface area contributed by atoms with Crippen LogP contribution in [0.3, 0.4) is 0 Å². The summed E-state index contributed by atoms with van der Waals surface area (Å²) in [6, 6.07) is 0.721. The molecule has 0 radical (unpaired) electrons. The molecule has 5 nitrogen and oxygen atoms in total. The van der Waals surface area contributed by atoms with Crippen molar-refractivity contribution in [2.45, 2.75) is 37.5 Å². The Morgan fingerprint density at radius 2 is 1.95 bits per heavy atom. The highest BCUT2D eigenvalue weighted by Crippen LogP contribution is 2.33. The van der Waals surface area contributed by atoms with Crippen LogP contribution < -0.4 is 10.6 Å². The predicted octanol–water partition coefficient (Wildman–Crippen LogP) is -2.03. The number of rotatable bonds is 3. The second kappa shape index (κ2) is 6.06. The van der Waals surface area contributed by atoms with E-state index in [2.05, 4.69) is 17.7 Å². The maximum Gasteiger partial charge on any atom is 0.147 e. The normalized spacial score (nSPS) is 39.2. The summed E-state index contributed by atoms with van der Waals surface area (Å²) in [6.07, 6.45) is 4.40. The molecule has 1 aliphatic carbocycles. The van der Waals surface area contributed by atoms with Gasteiger partial charge in [0.2, 0.25) is 0 Å². The van der Waals surface area contributed by atoms with Crippen LogP contribution in [-0.4, -0.2) is 69.7 Å². The molecule has 0 spiro atoms. The molecule has 2 heterocycles. The van der Waals surface area contributed by atoms with Gasteiger partial charge in [-0.3, -0.25) is 4.90 Å². The molecular weight excluding hydrogens is 242 g/mol. The fourth-order valence-electron chi connectivity index (χ4n) is 4.13. The average Bonchev–Trinajstić information content (AvgIpc) is 2.89. The Kier molecular flexibility index (Phi) is 4.39. The van der Waals surface area contributed by atoms with Gasteiger partial charge in [0.1, 0.15) is 19.4 Å². The van der Waals surface area contributed by atoms with Crippen LogP contribution in [0.25, 0.3) is 0 Å². The number of quaternary nitrogens is 2. The molecule has 2 aliphatic heterocycles. The van der Waals surface area contributed by atoms with E-state index in [9.17, 15) is 0 Å². The molecule has 3 rings (SSSR count). The van der Waals surface area contributed by atoms with Crippen molar-refractivity contribution in [2.24, 2.45) is 5.92 Å². The molecule has 3 unspecified atom stereocenters. The van der Waals surface area contributed by atoms with Gasteiger partial charge in [-0.05, 0) is 26.3 Å². The molecule has 19 heavy (non-hydrogen) atoms. The molecule has 4 N–H and O–H groups in total. The van der Waals surface area contributed by atoms with Gasteiger partial charge in [0.25, 0.3) is 0 Å². The zero-order valence-corrected chi connectivity index (χ0v) is 12.1. The molecule has 0 bridgehead atoms. The largest absolute Gasteiger partial charge is 0.353 e. The van der Waals surface area contributed by atoms with Gasteiger partial charge in [-0.15, -0.1) is 0 Å². The van der Waals surface area contributed by atoms with Crippen LogP contribution in [0, 0.1) is 5.92 Å². The van der Waals surface area contributed by atoms with E-state index in [1.165, 1.54) is 45.4 Å². The average molecular weight is 271 g/mol. The van der Waals surface area contributed by atoms with Crippen molar-refractivity contribution in [1.82, 2.24) is 4.90 Å².